The Labute approximate surface area is 124 Å². The lowest BCUT2D eigenvalue weighted by Crippen LogP contribution is -2.20. The van der Waals surface area contributed by atoms with Crippen LogP contribution in [0.25, 0.3) is 0 Å². The second-order valence-electron chi connectivity index (χ2n) is 3.57. The zero-order valence-electron chi connectivity index (χ0n) is 9.73. The first-order valence-corrected chi connectivity index (χ1v) is 7.15. The maximum absolute atomic E-state index is 11.6. The Hall–Kier alpha value is -1.30. The van der Waals surface area contributed by atoms with Gasteiger partial charge in [-0.2, -0.15) is 0 Å². The van der Waals surface area contributed by atoms with E-state index in [4.69, 9.17) is 27.9 Å². The highest BCUT2D eigenvalue weighted by atomic mass is 35.5. The Morgan fingerprint density at radius 1 is 1.47 bits per heavy atom. The topological polar surface area (TPSA) is 51.2 Å². The molecule has 0 aliphatic heterocycles. The van der Waals surface area contributed by atoms with E-state index in [1.54, 1.807) is 29.6 Å². The van der Waals surface area contributed by atoms with Crippen LogP contribution < -0.4 is 10.1 Å². The van der Waals surface area contributed by atoms with Crippen LogP contribution in [0.5, 0.6) is 5.75 Å². The van der Waals surface area contributed by atoms with Gasteiger partial charge < -0.3 is 4.74 Å². The van der Waals surface area contributed by atoms with Gasteiger partial charge in [0, 0.05) is 10.4 Å². The van der Waals surface area contributed by atoms with E-state index in [-0.39, 0.29) is 12.5 Å². The molecule has 19 heavy (non-hydrogen) atoms. The van der Waals surface area contributed by atoms with Gasteiger partial charge >= 0.3 is 0 Å². The molecule has 0 atom stereocenters. The lowest BCUT2D eigenvalue weighted by molar-refractivity contribution is -0.118. The van der Waals surface area contributed by atoms with Gasteiger partial charge in [-0.05, 0) is 18.2 Å². The third kappa shape index (κ3) is 4.38. The minimum Gasteiger partial charge on any atom is -0.484 e. The molecule has 1 N–H and O–H groups in total. The van der Waals surface area contributed by atoms with Crippen molar-refractivity contribution in [1.82, 2.24) is 4.98 Å². The first kappa shape index (κ1) is 14.1. The first-order valence-electron chi connectivity index (χ1n) is 5.36. The molecule has 1 heterocycles. The number of halogens is 2. The summed E-state index contributed by atoms with van der Waals surface area (Å²) in [6.07, 6.45) is 0. The van der Waals surface area contributed by atoms with Crippen LogP contribution in [0.15, 0.2) is 29.6 Å². The summed E-state index contributed by atoms with van der Waals surface area (Å²) in [6, 6.07) is 6.86. The molecule has 4 nitrogen and oxygen atoms in total. The summed E-state index contributed by atoms with van der Waals surface area (Å²) in [5.74, 6) is 0.587. The molecule has 0 radical (unpaired) electrons. The molecule has 0 bridgehead atoms. The van der Waals surface area contributed by atoms with Crippen molar-refractivity contribution in [3.63, 3.8) is 0 Å². The quantitative estimate of drug-likeness (QED) is 0.858. The van der Waals surface area contributed by atoms with Crippen LogP contribution >= 0.6 is 34.5 Å². The number of alkyl halides is 1. The number of anilines is 1. The maximum Gasteiger partial charge on any atom is 0.264 e. The second kappa shape index (κ2) is 6.75. The summed E-state index contributed by atoms with van der Waals surface area (Å²) in [7, 11) is 0. The van der Waals surface area contributed by atoms with Crippen molar-refractivity contribution in [3.05, 3.63) is 40.4 Å². The largest absolute Gasteiger partial charge is 0.484 e. The number of thiazole rings is 1. The number of hydrogen-bond acceptors (Lipinski definition) is 4. The van der Waals surface area contributed by atoms with Gasteiger partial charge in [0.05, 0.1) is 11.6 Å². The highest BCUT2D eigenvalue weighted by molar-refractivity contribution is 7.13. The molecular weight excluding hydrogens is 307 g/mol. The number of carbonyl (C=O) groups is 1. The van der Waals surface area contributed by atoms with Crippen LogP contribution in [0.3, 0.4) is 0 Å². The van der Waals surface area contributed by atoms with Crippen LogP contribution in [0, 0.1) is 0 Å². The molecule has 2 rings (SSSR count). The van der Waals surface area contributed by atoms with E-state index in [0.29, 0.717) is 21.8 Å². The van der Waals surface area contributed by atoms with E-state index in [1.807, 2.05) is 0 Å². The second-order valence-corrected chi connectivity index (χ2v) is 5.13. The van der Waals surface area contributed by atoms with Crippen LogP contribution in [-0.4, -0.2) is 17.5 Å². The van der Waals surface area contributed by atoms with Crippen LogP contribution in [0.1, 0.15) is 5.69 Å². The number of nitrogens with one attached hydrogen (secondary N) is 1. The van der Waals surface area contributed by atoms with Gasteiger partial charge in [0.2, 0.25) is 0 Å². The van der Waals surface area contributed by atoms with E-state index in [1.165, 1.54) is 11.3 Å². The van der Waals surface area contributed by atoms with Crippen molar-refractivity contribution < 1.29 is 9.53 Å². The van der Waals surface area contributed by atoms with E-state index < -0.39 is 0 Å². The van der Waals surface area contributed by atoms with Crippen molar-refractivity contribution in [2.75, 3.05) is 11.9 Å². The number of hydrogen-bond donors (Lipinski definition) is 1. The predicted molar refractivity (Wildman–Crippen MR) is 77.2 cm³/mol. The number of amides is 1. The highest BCUT2D eigenvalue weighted by Crippen LogP contribution is 2.18. The number of rotatable bonds is 5. The van der Waals surface area contributed by atoms with E-state index >= 15 is 0 Å². The van der Waals surface area contributed by atoms with E-state index in [0.717, 1.165) is 5.69 Å². The van der Waals surface area contributed by atoms with Crippen molar-refractivity contribution in [2.24, 2.45) is 0 Å². The standard InChI is InChI=1S/C12H10Cl2N2O2S/c13-5-9-7-19-12(15-9)16-11(17)6-18-10-3-1-2-8(14)4-10/h1-4,7H,5-6H2,(H,15,16,17). The van der Waals surface area contributed by atoms with E-state index in [2.05, 4.69) is 10.3 Å². The number of benzene rings is 1. The SMILES string of the molecule is O=C(COc1cccc(Cl)c1)Nc1nc(CCl)cs1. The minimum atomic E-state index is -0.282. The molecule has 0 aliphatic rings. The molecule has 7 heteroatoms. The summed E-state index contributed by atoms with van der Waals surface area (Å²) >= 11 is 12.8. The fourth-order valence-corrected chi connectivity index (χ4v) is 2.42. The number of carbonyl (C=O) groups excluding carboxylic acids is 1. The number of nitrogens with zero attached hydrogens (tertiary/aromatic N) is 1. The zero-order valence-corrected chi connectivity index (χ0v) is 12.1. The number of aromatic nitrogens is 1. The Kier molecular flexibility index (Phi) is 5.01. The lowest BCUT2D eigenvalue weighted by Gasteiger charge is -2.05. The summed E-state index contributed by atoms with van der Waals surface area (Å²) in [6.45, 7) is -0.101. The molecule has 100 valence electrons. The van der Waals surface area contributed by atoms with Crippen molar-refractivity contribution in [3.8, 4) is 5.75 Å². The third-order valence-electron chi connectivity index (χ3n) is 2.10. The minimum absolute atomic E-state index is 0.101. The number of ether oxygens (including phenoxy) is 1. The average molecular weight is 317 g/mol. The molecule has 1 aromatic carbocycles. The Bertz CT molecular complexity index is 574. The highest BCUT2D eigenvalue weighted by Gasteiger charge is 2.07. The Morgan fingerprint density at radius 2 is 2.32 bits per heavy atom. The Balaban J connectivity index is 1.84. The van der Waals surface area contributed by atoms with Gasteiger partial charge in [0.15, 0.2) is 11.7 Å². The molecule has 2 aromatic rings. The molecule has 0 spiro atoms. The van der Waals surface area contributed by atoms with Gasteiger partial charge in [-0.3, -0.25) is 10.1 Å². The van der Waals surface area contributed by atoms with Crippen LogP contribution in [-0.2, 0) is 10.7 Å². The molecule has 0 saturated carbocycles. The summed E-state index contributed by atoms with van der Waals surface area (Å²) < 4.78 is 5.31. The zero-order chi connectivity index (χ0) is 13.7. The smallest absolute Gasteiger partial charge is 0.264 e. The summed E-state index contributed by atoms with van der Waals surface area (Å²) in [5.41, 5.74) is 0.734. The first-order chi connectivity index (χ1) is 9.17. The summed E-state index contributed by atoms with van der Waals surface area (Å²) in [4.78, 5) is 15.7. The summed E-state index contributed by atoms with van der Waals surface area (Å²) in [5, 5.41) is 5.49. The fraction of sp³-hybridized carbons (Fsp3) is 0.167. The van der Waals surface area contributed by atoms with Gasteiger partial charge in [-0.15, -0.1) is 22.9 Å². The van der Waals surface area contributed by atoms with Gasteiger partial charge in [-0.1, -0.05) is 17.7 Å². The van der Waals surface area contributed by atoms with Crippen LogP contribution in [0.4, 0.5) is 5.13 Å². The third-order valence-corrected chi connectivity index (χ3v) is 3.42. The monoisotopic (exact) mass is 316 g/mol. The van der Waals surface area contributed by atoms with Gasteiger partial charge in [-0.25, -0.2) is 4.98 Å². The fourth-order valence-electron chi connectivity index (χ4n) is 1.29. The molecule has 1 aromatic heterocycles. The molecule has 0 unspecified atom stereocenters. The predicted octanol–water partition coefficient (Wildman–Crippen LogP) is 3.55. The van der Waals surface area contributed by atoms with E-state index in [9.17, 15) is 4.79 Å². The molecule has 0 saturated heterocycles. The maximum atomic E-state index is 11.6. The van der Waals surface area contributed by atoms with Crippen molar-refractivity contribution >= 4 is 45.6 Å². The molecule has 1 amide bonds. The van der Waals surface area contributed by atoms with Gasteiger partial charge in [0.25, 0.3) is 5.91 Å². The van der Waals surface area contributed by atoms with Crippen molar-refractivity contribution in [1.29, 1.82) is 0 Å². The van der Waals surface area contributed by atoms with Gasteiger partial charge in [0.1, 0.15) is 5.75 Å². The normalized spacial score (nSPS) is 10.2. The van der Waals surface area contributed by atoms with Crippen molar-refractivity contribution in [2.45, 2.75) is 5.88 Å². The average Bonchev–Trinajstić information content (AvgIpc) is 2.84. The molecule has 0 aliphatic carbocycles. The molecular formula is C12H10Cl2N2O2S. The lowest BCUT2D eigenvalue weighted by atomic mass is 10.3. The Morgan fingerprint density at radius 3 is 3.00 bits per heavy atom. The molecule has 0 fully saturated rings. The van der Waals surface area contributed by atoms with Crippen LogP contribution in [0.2, 0.25) is 5.02 Å².